The van der Waals surface area contributed by atoms with Gasteiger partial charge in [0.2, 0.25) is 0 Å². The fourth-order valence-electron chi connectivity index (χ4n) is 3.41. The average molecular weight is 419 g/mol. The van der Waals surface area contributed by atoms with E-state index in [2.05, 4.69) is 25.3 Å². The normalized spacial score (nSPS) is 16.7. The molecule has 1 atom stereocenters. The third kappa shape index (κ3) is 5.33. The highest BCUT2D eigenvalue weighted by Gasteiger charge is 2.29. The number of carbonyl (C=O) groups is 1. The van der Waals surface area contributed by atoms with Crippen LogP contribution in [0, 0.1) is 0 Å². The van der Waals surface area contributed by atoms with Gasteiger partial charge in [-0.05, 0) is 51.0 Å². The summed E-state index contributed by atoms with van der Waals surface area (Å²) in [6, 6.07) is 7.86. The highest BCUT2D eigenvalue weighted by atomic mass is 16.6. The molecule has 8 nitrogen and oxygen atoms in total. The van der Waals surface area contributed by atoms with Gasteiger partial charge in [0.1, 0.15) is 11.3 Å². The van der Waals surface area contributed by atoms with Crippen molar-refractivity contribution in [3.05, 3.63) is 54.6 Å². The molecule has 8 heteroatoms. The smallest absolute Gasteiger partial charge is 0.410 e. The summed E-state index contributed by atoms with van der Waals surface area (Å²) in [6.45, 7) is 6.87. The number of anilines is 1. The second kappa shape index (κ2) is 8.67. The van der Waals surface area contributed by atoms with Gasteiger partial charge < -0.3 is 15.0 Å². The van der Waals surface area contributed by atoms with Crippen molar-refractivity contribution in [1.82, 2.24) is 19.9 Å². The molecule has 1 aromatic carbocycles. The SMILES string of the molecule is CC(C)(C)OC(=O)N1CCC(Nc2ccncc2N=Cc2ccc3nccnc3c2)C1. The monoisotopic (exact) mass is 418 g/mol. The quantitative estimate of drug-likeness (QED) is 0.639. The second-order valence-corrected chi connectivity index (χ2v) is 8.51. The summed E-state index contributed by atoms with van der Waals surface area (Å²) in [5, 5.41) is 3.50. The van der Waals surface area contributed by atoms with Gasteiger partial charge in [0.05, 0.1) is 22.9 Å². The Balaban J connectivity index is 1.44. The predicted molar refractivity (Wildman–Crippen MR) is 121 cm³/mol. The van der Waals surface area contributed by atoms with E-state index in [0.717, 1.165) is 34.4 Å². The van der Waals surface area contributed by atoms with Crippen LogP contribution in [0.25, 0.3) is 11.0 Å². The average Bonchev–Trinajstić information content (AvgIpc) is 3.21. The van der Waals surface area contributed by atoms with Crippen molar-refractivity contribution in [3.63, 3.8) is 0 Å². The molecule has 1 N–H and O–H groups in total. The number of hydrogen-bond acceptors (Lipinski definition) is 7. The third-order valence-electron chi connectivity index (χ3n) is 4.85. The van der Waals surface area contributed by atoms with Crippen LogP contribution < -0.4 is 5.32 Å². The number of rotatable bonds is 4. The number of nitrogens with one attached hydrogen (secondary N) is 1. The molecular weight excluding hydrogens is 392 g/mol. The molecule has 160 valence electrons. The fraction of sp³-hybridized carbons (Fsp3) is 0.348. The summed E-state index contributed by atoms with van der Waals surface area (Å²) in [5.74, 6) is 0. The Labute approximate surface area is 181 Å². The van der Waals surface area contributed by atoms with Crippen molar-refractivity contribution in [2.24, 2.45) is 4.99 Å². The Hall–Kier alpha value is -3.55. The molecule has 0 radical (unpaired) electrons. The number of amides is 1. The third-order valence-corrected chi connectivity index (χ3v) is 4.85. The summed E-state index contributed by atoms with van der Waals surface area (Å²) < 4.78 is 5.48. The van der Waals surface area contributed by atoms with E-state index in [9.17, 15) is 4.79 Å². The molecule has 1 aliphatic heterocycles. The van der Waals surface area contributed by atoms with Gasteiger partial charge in [-0.3, -0.25) is 19.9 Å². The lowest BCUT2D eigenvalue weighted by atomic mass is 10.2. The van der Waals surface area contributed by atoms with Crippen molar-refractivity contribution >= 4 is 34.7 Å². The molecule has 31 heavy (non-hydrogen) atoms. The Morgan fingerprint density at radius 1 is 1.19 bits per heavy atom. The molecule has 3 aromatic rings. The molecule has 1 fully saturated rings. The summed E-state index contributed by atoms with van der Waals surface area (Å²) in [5.41, 5.74) is 3.72. The van der Waals surface area contributed by atoms with E-state index in [1.807, 2.05) is 45.0 Å². The van der Waals surface area contributed by atoms with Crippen LogP contribution in [0.4, 0.5) is 16.2 Å². The lowest BCUT2D eigenvalue weighted by Gasteiger charge is -2.24. The van der Waals surface area contributed by atoms with Crippen LogP contribution in [-0.2, 0) is 4.74 Å². The second-order valence-electron chi connectivity index (χ2n) is 8.51. The number of aromatic nitrogens is 3. The van der Waals surface area contributed by atoms with Crippen molar-refractivity contribution in [3.8, 4) is 0 Å². The summed E-state index contributed by atoms with van der Waals surface area (Å²) in [7, 11) is 0. The highest BCUT2D eigenvalue weighted by molar-refractivity contribution is 5.88. The lowest BCUT2D eigenvalue weighted by molar-refractivity contribution is 0.0293. The van der Waals surface area contributed by atoms with E-state index in [-0.39, 0.29) is 12.1 Å². The molecule has 4 rings (SSSR count). The maximum Gasteiger partial charge on any atom is 0.410 e. The zero-order valence-electron chi connectivity index (χ0n) is 17.9. The number of ether oxygens (including phenoxy) is 1. The van der Waals surface area contributed by atoms with Crippen molar-refractivity contribution < 1.29 is 9.53 Å². The first-order valence-corrected chi connectivity index (χ1v) is 10.3. The minimum Gasteiger partial charge on any atom is -0.444 e. The van der Waals surface area contributed by atoms with E-state index in [4.69, 9.17) is 4.74 Å². The number of aliphatic imine (C=N–C) groups is 1. The number of nitrogens with zero attached hydrogens (tertiary/aromatic N) is 5. The van der Waals surface area contributed by atoms with E-state index in [1.165, 1.54) is 0 Å². The Morgan fingerprint density at radius 2 is 2.00 bits per heavy atom. The lowest BCUT2D eigenvalue weighted by Crippen LogP contribution is -2.36. The standard InChI is InChI=1S/C23H26N6O2/c1-23(2,3)31-22(30)29-11-7-17(15-29)28-19-6-8-24-14-21(19)27-13-16-4-5-18-20(12-16)26-10-9-25-18/h4-6,8-10,12-14,17H,7,11,15H2,1-3H3,(H,24,28). The summed E-state index contributed by atoms with van der Waals surface area (Å²) >= 11 is 0. The van der Waals surface area contributed by atoms with Crippen LogP contribution in [0.2, 0.25) is 0 Å². The van der Waals surface area contributed by atoms with E-state index in [0.29, 0.717) is 13.1 Å². The largest absolute Gasteiger partial charge is 0.444 e. The zero-order chi connectivity index (χ0) is 21.8. The minimum absolute atomic E-state index is 0.125. The summed E-state index contributed by atoms with van der Waals surface area (Å²) in [4.78, 5) is 31.5. The molecule has 0 saturated carbocycles. The van der Waals surface area contributed by atoms with Crippen LogP contribution in [0.5, 0.6) is 0 Å². The number of hydrogen-bond donors (Lipinski definition) is 1. The molecule has 1 amide bonds. The van der Waals surface area contributed by atoms with E-state index >= 15 is 0 Å². The van der Waals surface area contributed by atoms with Crippen LogP contribution >= 0.6 is 0 Å². The number of fused-ring (bicyclic) bond motifs is 1. The van der Waals surface area contributed by atoms with Gasteiger partial charge in [0.15, 0.2) is 0 Å². The molecule has 0 bridgehead atoms. The Morgan fingerprint density at radius 3 is 2.81 bits per heavy atom. The predicted octanol–water partition coefficient (Wildman–Crippen LogP) is 4.20. The Kier molecular flexibility index (Phi) is 5.79. The molecule has 0 spiro atoms. The molecular formula is C23H26N6O2. The van der Waals surface area contributed by atoms with Gasteiger partial charge in [-0.15, -0.1) is 0 Å². The number of carbonyl (C=O) groups excluding carboxylic acids is 1. The summed E-state index contributed by atoms with van der Waals surface area (Å²) in [6.07, 6.45) is 9.16. The number of pyridine rings is 1. The fourth-order valence-corrected chi connectivity index (χ4v) is 3.41. The van der Waals surface area contributed by atoms with Crippen molar-refractivity contribution in [1.29, 1.82) is 0 Å². The molecule has 1 aliphatic rings. The minimum atomic E-state index is -0.496. The molecule has 1 saturated heterocycles. The van der Waals surface area contributed by atoms with Crippen LogP contribution in [0.15, 0.2) is 54.0 Å². The first kappa shape index (κ1) is 20.7. The van der Waals surface area contributed by atoms with E-state index in [1.54, 1.807) is 35.9 Å². The topological polar surface area (TPSA) is 92.6 Å². The van der Waals surface area contributed by atoms with Crippen molar-refractivity contribution in [2.75, 3.05) is 18.4 Å². The number of likely N-dealkylation sites (tertiary alicyclic amines) is 1. The number of benzene rings is 1. The van der Waals surface area contributed by atoms with Gasteiger partial charge in [0, 0.05) is 43.9 Å². The van der Waals surface area contributed by atoms with Gasteiger partial charge in [-0.1, -0.05) is 6.07 Å². The maximum atomic E-state index is 12.3. The molecule has 1 unspecified atom stereocenters. The van der Waals surface area contributed by atoms with Crippen LogP contribution in [0.1, 0.15) is 32.8 Å². The Bertz CT molecular complexity index is 1110. The highest BCUT2D eigenvalue weighted by Crippen LogP contribution is 2.26. The first-order valence-electron chi connectivity index (χ1n) is 10.3. The molecule has 3 heterocycles. The van der Waals surface area contributed by atoms with Crippen LogP contribution in [-0.4, -0.2) is 56.9 Å². The van der Waals surface area contributed by atoms with E-state index < -0.39 is 5.60 Å². The van der Waals surface area contributed by atoms with Gasteiger partial charge >= 0.3 is 6.09 Å². The maximum absolute atomic E-state index is 12.3. The molecule has 0 aliphatic carbocycles. The zero-order valence-corrected chi connectivity index (χ0v) is 17.9. The van der Waals surface area contributed by atoms with Gasteiger partial charge in [0.25, 0.3) is 0 Å². The molecule has 2 aromatic heterocycles. The van der Waals surface area contributed by atoms with Gasteiger partial charge in [-0.25, -0.2) is 4.79 Å². The van der Waals surface area contributed by atoms with Gasteiger partial charge in [-0.2, -0.15) is 0 Å². The van der Waals surface area contributed by atoms with Crippen molar-refractivity contribution in [2.45, 2.75) is 38.8 Å². The van der Waals surface area contributed by atoms with Crippen LogP contribution in [0.3, 0.4) is 0 Å². The first-order chi connectivity index (χ1) is 14.9.